The van der Waals surface area contributed by atoms with Gasteiger partial charge < -0.3 is 39.1 Å². The summed E-state index contributed by atoms with van der Waals surface area (Å²) in [6, 6.07) is 27.4. The second-order valence-electron chi connectivity index (χ2n) is 17.8. The number of hydrogen-bond donors (Lipinski definition) is 2. The molecule has 5 aliphatic rings. The average molecular weight is 1000 g/mol. The number of benzene rings is 4. The number of piperidine rings is 3. The highest BCUT2D eigenvalue weighted by Crippen LogP contribution is 2.51. The van der Waals surface area contributed by atoms with E-state index in [2.05, 4.69) is 10.2 Å². The zero-order valence-corrected chi connectivity index (χ0v) is 39.6. The van der Waals surface area contributed by atoms with E-state index in [9.17, 15) is 33.5 Å². The van der Waals surface area contributed by atoms with Crippen LogP contribution in [0.15, 0.2) is 109 Å². The number of carbonyl (C=O) groups is 3. The number of nitrogens with one attached hydrogen (secondary N) is 1. The van der Waals surface area contributed by atoms with E-state index >= 15 is 0 Å². The number of nitrogens with zero attached hydrogens (tertiary/aromatic N) is 3. The predicted octanol–water partition coefficient (Wildman–Crippen LogP) is 8.06. The number of fused-ring (bicyclic) bond motifs is 3. The van der Waals surface area contributed by atoms with E-state index in [0.717, 1.165) is 73.8 Å². The number of rotatable bonds is 18. The summed E-state index contributed by atoms with van der Waals surface area (Å²) in [5.41, 5.74) is 3.15. The maximum atomic E-state index is 14.6. The summed E-state index contributed by atoms with van der Waals surface area (Å²) in [6.07, 6.45) is 5.46. The van der Waals surface area contributed by atoms with Crippen LogP contribution in [-0.4, -0.2) is 89.1 Å². The number of alkyl carbamates (subject to hydrolysis) is 1. The molecular formula is C51H50Cl2F2N4O9S. The van der Waals surface area contributed by atoms with E-state index < -0.39 is 41.4 Å². The third-order valence-electron chi connectivity index (χ3n) is 13.3. The summed E-state index contributed by atoms with van der Waals surface area (Å²) >= 11 is 14.2. The molecule has 18 heteroatoms. The van der Waals surface area contributed by atoms with E-state index in [4.69, 9.17) is 42.1 Å². The second kappa shape index (κ2) is 21.0. The van der Waals surface area contributed by atoms with Crippen molar-refractivity contribution >= 4 is 52.9 Å². The minimum Gasteiger partial charge on any atom is -0.547 e. The van der Waals surface area contributed by atoms with Gasteiger partial charge in [0.15, 0.2) is 11.5 Å². The lowest BCUT2D eigenvalue weighted by Gasteiger charge is -2.44. The molecule has 4 aliphatic heterocycles. The van der Waals surface area contributed by atoms with Crippen molar-refractivity contribution in [2.75, 3.05) is 38.5 Å². The molecule has 362 valence electrons. The van der Waals surface area contributed by atoms with Gasteiger partial charge in [0.25, 0.3) is 5.91 Å². The fourth-order valence-electron chi connectivity index (χ4n) is 9.54. The average Bonchev–Trinajstić information content (AvgIpc) is 4.07. The smallest absolute Gasteiger partial charge is 0.408 e. The van der Waals surface area contributed by atoms with Gasteiger partial charge in [-0.05, 0) is 116 Å². The Morgan fingerprint density at radius 2 is 1.58 bits per heavy atom. The number of carboxylic acids is 1. The van der Waals surface area contributed by atoms with Gasteiger partial charge in [0.2, 0.25) is 12.4 Å². The summed E-state index contributed by atoms with van der Waals surface area (Å²) in [5.74, 6) is -2.20. The van der Waals surface area contributed by atoms with Crippen LogP contribution in [-0.2, 0) is 22.6 Å². The summed E-state index contributed by atoms with van der Waals surface area (Å²) in [4.78, 5) is 43.3. The topological polar surface area (TPSA) is 154 Å². The predicted molar refractivity (Wildman–Crippen MR) is 251 cm³/mol. The van der Waals surface area contributed by atoms with Gasteiger partial charge in [-0.2, -0.15) is 8.78 Å². The maximum Gasteiger partial charge on any atom is 0.408 e. The summed E-state index contributed by atoms with van der Waals surface area (Å²) in [7, 11) is 0. The van der Waals surface area contributed by atoms with Crippen LogP contribution in [0, 0.1) is 11.8 Å². The van der Waals surface area contributed by atoms with Crippen LogP contribution in [0.25, 0.3) is 0 Å². The van der Waals surface area contributed by atoms with Crippen LogP contribution in [0.2, 0.25) is 10.0 Å². The van der Waals surface area contributed by atoms with Crippen LogP contribution >= 0.6 is 35.0 Å². The van der Waals surface area contributed by atoms with Crippen LogP contribution in [0.4, 0.5) is 13.6 Å². The number of alkyl halides is 2. The van der Waals surface area contributed by atoms with Crippen molar-refractivity contribution in [2.24, 2.45) is 11.8 Å². The van der Waals surface area contributed by atoms with Crippen molar-refractivity contribution < 1.29 is 57.2 Å². The lowest BCUT2D eigenvalue weighted by molar-refractivity contribution is -0.904. The van der Waals surface area contributed by atoms with Gasteiger partial charge in [0.05, 0.1) is 18.6 Å². The molecule has 1 aromatic heterocycles. The molecule has 0 unspecified atom stereocenters. The molecule has 1 aliphatic carbocycles. The SMILES string of the molecule is O=C(N[C@@H](c1ccccc1)c1cccc(OCc2ccc(C(=O)N3CCS[C@]3(C(=O)[O-])[C@@H](Cc3c(Cl)c[n+](O)cc3Cl)c3ccc(OC(F)F)c(OCC4CC4)c3)cc2)c1)O[C@H]1CN2CCC1CC2. The van der Waals surface area contributed by atoms with Crippen molar-refractivity contribution in [2.45, 2.75) is 68.3 Å². The van der Waals surface area contributed by atoms with E-state index in [1.54, 1.807) is 24.3 Å². The van der Waals surface area contributed by atoms with E-state index in [1.165, 1.54) is 35.5 Å². The van der Waals surface area contributed by atoms with E-state index in [0.29, 0.717) is 22.0 Å². The highest BCUT2D eigenvalue weighted by atomic mass is 35.5. The molecule has 1 saturated carbocycles. The molecule has 2 bridgehead atoms. The number of aliphatic carboxylic acids is 1. The highest BCUT2D eigenvalue weighted by Gasteiger charge is 2.53. The number of carboxylic acid groups (broad SMARTS) is 1. The second-order valence-corrected chi connectivity index (χ2v) is 20.0. The summed E-state index contributed by atoms with van der Waals surface area (Å²) < 4.78 is 50.8. The molecule has 0 spiro atoms. The first-order valence-corrected chi connectivity index (χ1v) is 24.6. The van der Waals surface area contributed by atoms with Crippen molar-refractivity contribution in [3.05, 3.63) is 153 Å². The third kappa shape index (κ3) is 11.0. The number of pyridine rings is 1. The van der Waals surface area contributed by atoms with Crippen molar-refractivity contribution in [1.29, 1.82) is 0 Å². The van der Waals surface area contributed by atoms with Crippen LogP contribution in [0.3, 0.4) is 0 Å². The molecule has 13 nitrogen and oxygen atoms in total. The monoisotopic (exact) mass is 1000 g/mol. The Kier molecular flexibility index (Phi) is 14.7. The molecule has 4 aromatic carbocycles. The number of amides is 2. The third-order valence-corrected chi connectivity index (χ3v) is 15.5. The summed E-state index contributed by atoms with van der Waals surface area (Å²) in [5, 5.41) is 27.0. The maximum absolute atomic E-state index is 14.6. The van der Waals surface area contributed by atoms with Crippen molar-refractivity contribution in [1.82, 2.24) is 15.1 Å². The Balaban J connectivity index is 0.942. The van der Waals surface area contributed by atoms with Crippen LogP contribution in [0.1, 0.15) is 75.8 Å². The zero-order chi connectivity index (χ0) is 48.2. The molecule has 5 heterocycles. The number of hydrogen-bond acceptors (Lipinski definition) is 11. The molecule has 5 aromatic rings. The standard InChI is InChI=1S/C51H50Cl2F2N4O9S/c52-41-26-58(64)27-42(53)39(41)25-40(36-15-16-43(67-49(54)55)44(24-36)66-30-31-9-10-31)51(48(61)62)59(21-22-69-51)47(60)35-13-11-32(12-14-35)29-65-38-8-4-7-37(23-38)46(34-5-2-1-3-6-34)56-50(63)68-45-28-57-19-17-33(45)18-20-57/h1-8,11-16,23-24,26-27,31,33,40,45-46,49H,9-10,17-22,25,28-30H2,(H2-,56,61,62,63,64)/t40-,45-,46-,51-/m0/s1. The first kappa shape index (κ1) is 48.2. The number of ether oxygens (including phenoxy) is 4. The van der Waals surface area contributed by atoms with Crippen LogP contribution < -0.4 is 29.4 Å². The van der Waals surface area contributed by atoms with Crippen molar-refractivity contribution in [3.63, 3.8) is 0 Å². The van der Waals surface area contributed by atoms with Gasteiger partial charge in [-0.3, -0.25) is 14.9 Å². The van der Waals surface area contributed by atoms with Gasteiger partial charge in [0, 0.05) is 40.6 Å². The van der Waals surface area contributed by atoms with Crippen molar-refractivity contribution in [3.8, 4) is 17.2 Å². The summed E-state index contributed by atoms with van der Waals surface area (Å²) in [6.45, 7) is 0.0488. The van der Waals surface area contributed by atoms with Gasteiger partial charge >= 0.3 is 12.7 Å². The quantitative estimate of drug-likeness (QED) is 0.0648. The fraction of sp³-hybridized carbons (Fsp3) is 0.373. The molecule has 69 heavy (non-hydrogen) atoms. The molecule has 2 amide bonds. The molecule has 0 radical (unpaired) electrons. The van der Waals surface area contributed by atoms with Gasteiger partial charge in [0.1, 0.15) is 33.4 Å². The minimum absolute atomic E-state index is 0.0176. The Morgan fingerprint density at radius 3 is 2.25 bits per heavy atom. The van der Waals surface area contributed by atoms with E-state index in [1.807, 2.05) is 54.6 Å². The molecule has 2 N–H and O–H groups in total. The van der Waals surface area contributed by atoms with Gasteiger partial charge in [-0.15, -0.1) is 11.8 Å². The van der Waals surface area contributed by atoms with Gasteiger partial charge in [-0.25, -0.2) is 4.79 Å². The number of aromatic nitrogens is 1. The lowest BCUT2D eigenvalue weighted by Crippen LogP contribution is -2.60. The van der Waals surface area contributed by atoms with E-state index in [-0.39, 0.29) is 76.6 Å². The Labute approximate surface area is 412 Å². The molecule has 10 rings (SSSR count). The fourth-order valence-corrected chi connectivity index (χ4v) is 11.6. The first-order chi connectivity index (χ1) is 33.3. The van der Waals surface area contributed by atoms with Crippen LogP contribution in [0.5, 0.6) is 17.2 Å². The largest absolute Gasteiger partial charge is 0.547 e. The number of thioether (sulfide) groups is 1. The number of halogens is 4. The molecule has 5 fully saturated rings. The number of carbonyl (C=O) groups excluding carboxylic acids is 3. The molecule has 4 atom stereocenters. The Bertz CT molecular complexity index is 2640. The lowest BCUT2D eigenvalue weighted by atomic mass is 9.83. The molecular weight excluding hydrogens is 954 g/mol. The minimum atomic E-state index is -3.15. The zero-order valence-electron chi connectivity index (χ0n) is 37.3. The first-order valence-electron chi connectivity index (χ1n) is 22.9. The Morgan fingerprint density at radius 1 is 0.855 bits per heavy atom. The molecule has 4 saturated heterocycles. The van der Waals surface area contributed by atoms with Gasteiger partial charge in [-0.1, -0.05) is 83.9 Å². The Hall–Kier alpha value is -5.81. The normalized spacial score (nSPS) is 21.6. The highest BCUT2D eigenvalue weighted by molar-refractivity contribution is 8.01.